The molecule has 9 nitrogen and oxygen atoms in total. The number of nitrogens with zero attached hydrogens (tertiary/aromatic N) is 1. The topological polar surface area (TPSA) is 128 Å². The standard InChI is InChI=1S/C15H14ClN3O6S/c1-25-14-6-4-10(19(21)22)8-13(14)17-15(20)9-3-5-12(11(16)7-9)18-26(2,23)24/h3-8,18H,1-2H3,(H,17,20). The molecule has 0 aromatic heterocycles. The highest BCUT2D eigenvalue weighted by molar-refractivity contribution is 7.92. The number of nitro groups is 1. The molecule has 2 rings (SSSR count). The number of halogens is 1. The van der Waals surface area contributed by atoms with Crippen molar-refractivity contribution in [2.75, 3.05) is 23.4 Å². The third kappa shape index (κ3) is 4.83. The summed E-state index contributed by atoms with van der Waals surface area (Å²) in [7, 11) is -2.16. The first-order valence-electron chi connectivity index (χ1n) is 7.02. The van der Waals surface area contributed by atoms with E-state index < -0.39 is 20.9 Å². The SMILES string of the molecule is COc1ccc([N+](=O)[O-])cc1NC(=O)c1ccc(NS(C)(=O)=O)c(Cl)c1. The molecule has 11 heteroatoms. The molecule has 2 aromatic carbocycles. The molecule has 0 spiro atoms. The molecular formula is C15H14ClN3O6S. The molecular weight excluding hydrogens is 386 g/mol. The van der Waals surface area contributed by atoms with Gasteiger partial charge in [-0.25, -0.2) is 8.42 Å². The average Bonchev–Trinajstić information content (AvgIpc) is 2.55. The Morgan fingerprint density at radius 3 is 2.42 bits per heavy atom. The van der Waals surface area contributed by atoms with Gasteiger partial charge in [-0.1, -0.05) is 11.6 Å². The fourth-order valence-electron chi connectivity index (χ4n) is 2.04. The maximum absolute atomic E-state index is 12.4. The molecule has 0 heterocycles. The molecule has 0 fully saturated rings. The second kappa shape index (κ2) is 7.58. The van der Waals surface area contributed by atoms with Crippen LogP contribution in [-0.2, 0) is 10.0 Å². The number of anilines is 2. The molecule has 2 N–H and O–H groups in total. The van der Waals surface area contributed by atoms with E-state index >= 15 is 0 Å². The first kappa shape index (κ1) is 19.5. The van der Waals surface area contributed by atoms with E-state index in [4.69, 9.17) is 16.3 Å². The van der Waals surface area contributed by atoms with Crippen LogP contribution in [0.2, 0.25) is 5.02 Å². The number of sulfonamides is 1. The molecule has 0 bridgehead atoms. The summed E-state index contributed by atoms with van der Waals surface area (Å²) in [6.07, 6.45) is 0.971. The highest BCUT2D eigenvalue weighted by Gasteiger charge is 2.16. The summed E-state index contributed by atoms with van der Waals surface area (Å²) < 4.78 is 29.8. The van der Waals surface area contributed by atoms with Crippen molar-refractivity contribution in [1.29, 1.82) is 0 Å². The highest BCUT2D eigenvalue weighted by atomic mass is 35.5. The Kier molecular flexibility index (Phi) is 5.68. The monoisotopic (exact) mass is 399 g/mol. The number of nitrogens with one attached hydrogen (secondary N) is 2. The molecule has 0 saturated carbocycles. The Hall–Kier alpha value is -2.85. The zero-order chi connectivity index (χ0) is 19.5. The summed E-state index contributed by atoms with van der Waals surface area (Å²) in [6, 6.07) is 7.74. The van der Waals surface area contributed by atoms with Gasteiger partial charge in [0.05, 0.1) is 34.7 Å². The predicted molar refractivity (Wildman–Crippen MR) is 97.5 cm³/mol. The van der Waals surface area contributed by atoms with Gasteiger partial charge in [-0.15, -0.1) is 0 Å². The molecule has 0 unspecified atom stereocenters. The lowest BCUT2D eigenvalue weighted by Gasteiger charge is -2.11. The van der Waals surface area contributed by atoms with Crippen LogP contribution in [0.4, 0.5) is 17.1 Å². The van der Waals surface area contributed by atoms with E-state index in [1.165, 1.54) is 37.4 Å². The number of carbonyl (C=O) groups is 1. The molecule has 138 valence electrons. The molecule has 0 saturated heterocycles. The summed E-state index contributed by atoms with van der Waals surface area (Å²) in [4.78, 5) is 22.7. The number of carbonyl (C=O) groups excluding carboxylic acids is 1. The van der Waals surface area contributed by atoms with Crippen molar-refractivity contribution in [3.63, 3.8) is 0 Å². The number of hydrogen-bond donors (Lipinski definition) is 2. The minimum Gasteiger partial charge on any atom is -0.495 e. The lowest BCUT2D eigenvalue weighted by molar-refractivity contribution is -0.384. The van der Waals surface area contributed by atoms with E-state index in [1.807, 2.05) is 0 Å². The number of ether oxygens (including phenoxy) is 1. The van der Waals surface area contributed by atoms with Crippen LogP contribution in [-0.4, -0.2) is 32.6 Å². The van der Waals surface area contributed by atoms with E-state index in [-0.39, 0.29) is 33.4 Å². The minimum atomic E-state index is -3.52. The van der Waals surface area contributed by atoms with Crippen molar-refractivity contribution in [2.45, 2.75) is 0 Å². The van der Waals surface area contributed by atoms with Gasteiger partial charge in [0.25, 0.3) is 11.6 Å². The van der Waals surface area contributed by atoms with Crippen LogP contribution in [0.1, 0.15) is 10.4 Å². The molecule has 2 aromatic rings. The maximum atomic E-state index is 12.4. The Morgan fingerprint density at radius 1 is 1.19 bits per heavy atom. The van der Waals surface area contributed by atoms with E-state index in [0.29, 0.717) is 0 Å². The fraction of sp³-hybridized carbons (Fsp3) is 0.133. The summed E-state index contributed by atoms with van der Waals surface area (Å²) in [5.74, 6) is -0.359. The third-order valence-corrected chi connectivity index (χ3v) is 4.07. The van der Waals surface area contributed by atoms with Gasteiger partial charge in [-0.3, -0.25) is 19.6 Å². The van der Waals surface area contributed by atoms with E-state index in [9.17, 15) is 23.3 Å². The van der Waals surface area contributed by atoms with Gasteiger partial charge in [0, 0.05) is 17.7 Å². The highest BCUT2D eigenvalue weighted by Crippen LogP contribution is 2.30. The molecule has 0 atom stereocenters. The largest absolute Gasteiger partial charge is 0.495 e. The zero-order valence-electron chi connectivity index (χ0n) is 13.6. The zero-order valence-corrected chi connectivity index (χ0v) is 15.2. The number of hydrogen-bond acceptors (Lipinski definition) is 6. The predicted octanol–water partition coefficient (Wildman–Crippen LogP) is 2.88. The normalized spacial score (nSPS) is 10.9. The number of amides is 1. The van der Waals surface area contributed by atoms with Crippen molar-refractivity contribution in [1.82, 2.24) is 0 Å². The summed E-state index contributed by atoms with van der Waals surface area (Å²) in [5, 5.41) is 13.4. The quantitative estimate of drug-likeness (QED) is 0.567. The van der Waals surface area contributed by atoms with E-state index in [2.05, 4.69) is 10.0 Å². The lowest BCUT2D eigenvalue weighted by Crippen LogP contribution is -2.14. The Morgan fingerprint density at radius 2 is 1.88 bits per heavy atom. The van der Waals surface area contributed by atoms with Gasteiger partial charge in [0.2, 0.25) is 10.0 Å². The molecule has 0 aliphatic carbocycles. The maximum Gasteiger partial charge on any atom is 0.271 e. The van der Waals surface area contributed by atoms with Gasteiger partial charge in [0.15, 0.2) is 0 Å². The Bertz CT molecular complexity index is 977. The van der Waals surface area contributed by atoms with Crippen molar-refractivity contribution in [3.05, 3.63) is 57.1 Å². The molecule has 26 heavy (non-hydrogen) atoms. The van der Waals surface area contributed by atoms with Crippen molar-refractivity contribution in [3.8, 4) is 5.75 Å². The Labute approximate surface area is 154 Å². The smallest absolute Gasteiger partial charge is 0.271 e. The lowest BCUT2D eigenvalue weighted by atomic mass is 10.2. The molecule has 1 amide bonds. The van der Waals surface area contributed by atoms with E-state index in [1.54, 1.807) is 0 Å². The van der Waals surface area contributed by atoms with Crippen LogP contribution in [0.15, 0.2) is 36.4 Å². The second-order valence-electron chi connectivity index (χ2n) is 5.16. The Balaban J connectivity index is 2.29. The summed E-state index contributed by atoms with van der Waals surface area (Å²) in [6.45, 7) is 0. The fourth-order valence-corrected chi connectivity index (χ4v) is 2.90. The van der Waals surface area contributed by atoms with Gasteiger partial charge >= 0.3 is 0 Å². The first-order chi connectivity index (χ1) is 12.1. The van der Waals surface area contributed by atoms with Crippen LogP contribution in [0, 0.1) is 10.1 Å². The van der Waals surface area contributed by atoms with Crippen LogP contribution in [0.3, 0.4) is 0 Å². The van der Waals surface area contributed by atoms with Crippen LogP contribution < -0.4 is 14.8 Å². The van der Waals surface area contributed by atoms with Gasteiger partial charge in [-0.05, 0) is 24.3 Å². The van der Waals surface area contributed by atoms with Crippen molar-refractivity contribution < 1.29 is 22.9 Å². The molecule has 0 aliphatic rings. The van der Waals surface area contributed by atoms with Crippen molar-refractivity contribution in [2.24, 2.45) is 0 Å². The number of benzene rings is 2. The first-order valence-corrected chi connectivity index (χ1v) is 9.29. The van der Waals surface area contributed by atoms with Crippen LogP contribution in [0.25, 0.3) is 0 Å². The summed E-state index contributed by atoms with van der Waals surface area (Å²) >= 11 is 5.99. The summed E-state index contributed by atoms with van der Waals surface area (Å²) in [5.41, 5.74) is 0.147. The number of non-ortho nitro benzene ring substituents is 1. The molecule has 0 aliphatic heterocycles. The van der Waals surface area contributed by atoms with Crippen molar-refractivity contribution >= 4 is 44.6 Å². The molecule has 0 radical (unpaired) electrons. The number of nitro benzene ring substituents is 1. The van der Waals surface area contributed by atoms with Crippen LogP contribution in [0.5, 0.6) is 5.75 Å². The van der Waals surface area contributed by atoms with Gasteiger partial charge in [-0.2, -0.15) is 0 Å². The number of rotatable bonds is 6. The average molecular weight is 400 g/mol. The second-order valence-corrected chi connectivity index (χ2v) is 7.32. The van der Waals surface area contributed by atoms with Gasteiger partial charge in [0.1, 0.15) is 5.75 Å². The number of methoxy groups -OCH3 is 1. The van der Waals surface area contributed by atoms with E-state index in [0.717, 1.165) is 12.3 Å². The van der Waals surface area contributed by atoms with Crippen LogP contribution >= 0.6 is 11.6 Å². The van der Waals surface area contributed by atoms with Gasteiger partial charge < -0.3 is 10.1 Å². The third-order valence-electron chi connectivity index (χ3n) is 3.17. The minimum absolute atomic E-state index is 0.0223.